The Morgan fingerprint density at radius 1 is 0.795 bits per heavy atom. The average molecular weight is 631 g/mol. The van der Waals surface area contributed by atoms with Crippen LogP contribution in [0.4, 0.5) is 0 Å². The van der Waals surface area contributed by atoms with E-state index in [1.54, 1.807) is 7.11 Å². The Bertz CT molecular complexity index is 1570. The molecule has 1 heterocycles. The van der Waals surface area contributed by atoms with Crippen molar-refractivity contribution in [2.24, 2.45) is 0 Å². The maximum Gasteiger partial charge on any atom is 0.189 e. The van der Waals surface area contributed by atoms with Crippen LogP contribution in [-0.4, -0.2) is 58.2 Å². The fourth-order valence-electron chi connectivity index (χ4n) is 5.27. The van der Waals surface area contributed by atoms with Crippen molar-refractivity contribution in [2.75, 3.05) is 27.1 Å². The molecule has 1 aliphatic rings. The van der Waals surface area contributed by atoms with Crippen LogP contribution in [0.2, 0.25) is 51.4 Å². The van der Waals surface area contributed by atoms with E-state index in [2.05, 4.69) is 75.7 Å². The number of methoxy groups -OCH3 is 1. The molecule has 4 aromatic rings. The van der Waals surface area contributed by atoms with Crippen molar-refractivity contribution < 1.29 is 24.1 Å². The SMILES string of the molecule is COc1cc2c(cc1O)Cc1c(-c3ccc(-c4ccc(OCOCC[Si](C)(C)C)cc4)cc3)nn(COCC[Si](C)(C)C)c1-2. The third-order valence-corrected chi connectivity index (χ3v) is 11.3. The Morgan fingerprint density at radius 2 is 1.39 bits per heavy atom. The zero-order valence-electron chi connectivity index (χ0n) is 27.2. The van der Waals surface area contributed by atoms with Crippen molar-refractivity contribution in [3.8, 4) is 50.9 Å². The molecule has 0 saturated heterocycles. The van der Waals surface area contributed by atoms with Gasteiger partial charge in [0.1, 0.15) is 12.5 Å². The fourth-order valence-corrected chi connectivity index (χ4v) is 6.78. The van der Waals surface area contributed by atoms with E-state index in [0.717, 1.165) is 75.8 Å². The summed E-state index contributed by atoms with van der Waals surface area (Å²) in [6.45, 7) is 16.2. The smallest absolute Gasteiger partial charge is 0.189 e. The summed E-state index contributed by atoms with van der Waals surface area (Å²) in [5.41, 5.74) is 8.49. The number of hydrogen-bond acceptors (Lipinski definition) is 6. The van der Waals surface area contributed by atoms with Crippen molar-refractivity contribution in [3.63, 3.8) is 0 Å². The van der Waals surface area contributed by atoms with E-state index in [9.17, 15) is 5.11 Å². The van der Waals surface area contributed by atoms with Gasteiger partial charge in [-0.2, -0.15) is 5.10 Å². The molecule has 5 rings (SSSR count). The largest absolute Gasteiger partial charge is 0.504 e. The Kier molecular flexibility index (Phi) is 9.69. The van der Waals surface area contributed by atoms with E-state index in [1.165, 1.54) is 0 Å². The fraction of sp³-hybridized carbons (Fsp3) is 0.400. The molecule has 0 spiro atoms. The Labute approximate surface area is 263 Å². The third kappa shape index (κ3) is 7.82. The summed E-state index contributed by atoms with van der Waals surface area (Å²) in [5.74, 6) is 1.41. The van der Waals surface area contributed by atoms with Crippen LogP contribution >= 0.6 is 0 Å². The number of aromatic nitrogens is 2. The topological polar surface area (TPSA) is 75.0 Å². The molecule has 1 aromatic heterocycles. The molecule has 7 nitrogen and oxygen atoms in total. The Hall–Kier alpha value is -3.38. The van der Waals surface area contributed by atoms with Gasteiger partial charge < -0.3 is 24.1 Å². The number of phenols is 1. The molecule has 0 bridgehead atoms. The van der Waals surface area contributed by atoms with Crippen LogP contribution in [-0.2, 0) is 22.6 Å². The summed E-state index contributed by atoms with van der Waals surface area (Å²) in [4.78, 5) is 0. The number of aromatic hydroxyl groups is 1. The Balaban J connectivity index is 1.33. The molecular formula is C35H46N2O5Si2. The van der Waals surface area contributed by atoms with Crippen LogP contribution < -0.4 is 9.47 Å². The van der Waals surface area contributed by atoms with Crippen molar-refractivity contribution in [2.45, 2.75) is 64.5 Å². The van der Waals surface area contributed by atoms with Gasteiger partial charge in [0.2, 0.25) is 0 Å². The van der Waals surface area contributed by atoms with Gasteiger partial charge in [-0.25, -0.2) is 4.68 Å². The number of ether oxygens (including phenoxy) is 4. The molecule has 0 saturated carbocycles. The molecule has 1 aliphatic carbocycles. The van der Waals surface area contributed by atoms with E-state index in [0.29, 0.717) is 18.9 Å². The summed E-state index contributed by atoms with van der Waals surface area (Å²) in [6.07, 6.45) is 0.692. The van der Waals surface area contributed by atoms with E-state index in [-0.39, 0.29) is 12.5 Å². The average Bonchev–Trinajstić information content (AvgIpc) is 3.51. The summed E-state index contributed by atoms with van der Waals surface area (Å²) in [6, 6.07) is 22.6. The zero-order valence-corrected chi connectivity index (χ0v) is 29.2. The lowest BCUT2D eigenvalue weighted by Crippen LogP contribution is -2.22. The van der Waals surface area contributed by atoms with Gasteiger partial charge >= 0.3 is 0 Å². The van der Waals surface area contributed by atoms with Crippen molar-refractivity contribution in [3.05, 3.63) is 71.8 Å². The first kappa shape index (κ1) is 32.0. The van der Waals surface area contributed by atoms with Crippen LogP contribution in [0.3, 0.4) is 0 Å². The number of hydrogen-bond donors (Lipinski definition) is 1. The maximum atomic E-state index is 10.5. The highest BCUT2D eigenvalue weighted by atomic mass is 28.3. The summed E-state index contributed by atoms with van der Waals surface area (Å²) in [5, 5.41) is 15.5. The standard InChI is InChI=1S/C35H46N2O5Si2/c1-39-33-22-30-28(21-32(33)38)20-31-34(36-37(35(30)31)23-40-16-18-43(2,3)4)27-10-8-25(9-11-27)26-12-14-29(15-13-26)42-24-41-17-19-44(5,6)7/h8-15,21-22,38H,16-20,23-24H2,1-7H3. The second-order valence-electron chi connectivity index (χ2n) is 14.0. The van der Waals surface area contributed by atoms with E-state index < -0.39 is 16.1 Å². The molecule has 0 atom stereocenters. The molecule has 234 valence electrons. The van der Waals surface area contributed by atoms with Crippen LogP contribution in [0.25, 0.3) is 33.6 Å². The van der Waals surface area contributed by atoms with Crippen molar-refractivity contribution in [1.29, 1.82) is 0 Å². The normalized spacial score (nSPS) is 12.7. The summed E-state index contributed by atoms with van der Waals surface area (Å²) < 4.78 is 25.0. The number of benzene rings is 3. The second-order valence-corrected chi connectivity index (χ2v) is 25.2. The summed E-state index contributed by atoms with van der Waals surface area (Å²) in [7, 11) is -0.725. The quantitative estimate of drug-likeness (QED) is 0.0753. The predicted octanol–water partition coefficient (Wildman–Crippen LogP) is 8.51. The Morgan fingerprint density at radius 3 is 2.00 bits per heavy atom. The van der Waals surface area contributed by atoms with E-state index in [1.807, 2.05) is 28.9 Å². The van der Waals surface area contributed by atoms with Gasteiger partial charge in [-0.15, -0.1) is 0 Å². The second kappa shape index (κ2) is 13.3. The predicted molar refractivity (Wildman–Crippen MR) is 183 cm³/mol. The molecule has 44 heavy (non-hydrogen) atoms. The first-order valence-corrected chi connectivity index (χ1v) is 22.8. The highest BCUT2D eigenvalue weighted by molar-refractivity contribution is 6.76. The van der Waals surface area contributed by atoms with E-state index >= 15 is 0 Å². The van der Waals surface area contributed by atoms with Crippen molar-refractivity contribution in [1.82, 2.24) is 9.78 Å². The minimum Gasteiger partial charge on any atom is -0.504 e. The zero-order chi connectivity index (χ0) is 31.5. The molecule has 0 fully saturated rings. The van der Waals surface area contributed by atoms with Crippen LogP contribution in [0.1, 0.15) is 11.1 Å². The van der Waals surface area contributed by atoms with Gasteiger partial charge in [-0.3, -0.25) is 0 Å². The lowest BCUT2D eigenvalue weighted by Gasteiger charge is -2.16. The lowest BCUT2D eigenvalue weighted by atomic mass is 10.0. The van der Waals surface area contributed by atoms with Gasteiger partial charge in [0.25, 0.3) is 0 Å². The van der Waals surface area contributed by atoms with E-state index in [4.69, 9.17) is 24.0 Å². The lowest BCUT2D eigenvalue weighted by molar-refractivity contribution is 0.0220. The first-order chi connectivity index (χ1) is 20.9. The molecule has 0 radical (unpaired) electrons. The maximum absolute atomic E-state index is 10.5. The number of phenolic OH excluding ortho intramolecular Hbond substituents is 1. The van der Waals surface area contributed by atoms with Gasteiger partial charge in [0.15, 0.2) is 18.3 Å². The summed E-state index contributed by atoms with van der Waals surface area (Å²) >= 11 is 0. The van der Waals surface area contributed by atoms with Crippen LogP contribution in [0.15, 0.2) is 60.7 Å². The first-order valence-electron chi connectivity index (χ1n) is 15.4. The van der Waals surface area contributed by atoms with Gasteiger partial charge in [-0.05, 0) is 53.0 Å². The number of nitrogens with zero attached hydrogens (tertiary/aromatic N) is 2. The monoisotopic (exact) mass is 630 g/mol. The minimum absolute atomic E-state index is 0.152. The van der Waals surface area contributed by atoms with Gasteiger partial charge in [0.05, 0.1) is 18.5 Å². The highest BCUT2D eigenvalue weighted by Gasteiger charge is 2.30. The highest BCUT2D eigenvalue weighted by Crippen LogP contribution is 2.46. The van der Waals surface area contributed by atoms with Gasteiger partial charge in [0, 0.05) is 52.5 Å². The number of fused-ring (bicyclic) bond motifs is 3. The molecule has 1 N–H and O–H groups in total. The van der Waals surface area contributed by atoms with Crippen LogP contribution in [0.5, 0.6) is 17.2 Å². The third-order valence-electron chi connectivity index (χ3n) is 7.94. The van der Waals surface area contributed by atoms with Crippen molar-refractivity contribution >= 4 is 16.1 Å². The molecule has 3 aromatic carbocycles. The molecular weight excluding hydrogens is 585 g/mol. The number of rotatable bonds is 14. The van der Waals surface area contributed by atoms with Gasteiger partial charge in [-0.1, -0.05) is 75.7 Å². The molecule has 0 amide bonds. The molecule has 0 unspecified atom stereocenters. The molecule has 9 heteroatoms. The molecule has 0 aliphatic heterocycles. The van der Waals surface area contributed by atoms with Crippen LogP contribution in [0, 0.1) is 0 Å². The minimum atomic E-state index is -1.20.